The monoisotopic (exact) mass is 251 g/mol. The van der Waals surface area contributed by atoms with Crippen LogP contribution in [0.15, 0.2) is 48.7 Å². The molecule has 1 aromatic heterocycles. The average Bonchev–Trinajstić information content (AvgIpc) is 2.42. The van der Waals surface area contributed by atoms with E-state index in [4.69, 9.17) is 5.26 Å². The minimum atomic E-state index is -0.105. The maximum Gasteiger partial charge on any atom is 0.230 e. The van der Waals surface area contributed by atoms with Crippen LogP contribution in [-0.2, 0) is 17.6 Å². The first-order valence-electron chi connectivity index (χ1n) is 5.93. The van der Waals surface area contributed by atoms with Crippen LogP contribution in [0, 0.1) is 11.3 Å². The van der Waals surface area contributed by atoms with Crippen molar-refractivity contribution in [1.29, 1.82) is 5.26 Å². The van der Waals surface area contributed by atoms with Gasteiger partial charge in [-0.1, -0.05) is 18.2 Å². The molecule has 0 aliphatic carbocycles. The molecule has 0 fully saturated rings. The zero-order valence-electron chi connectivity index (χ0n) is 10.3. The highest BCUT2D eigenvalue weighted by molar-refractivity contribution is 5.91. The van der Waals surface area contributed by atoms with Crippen LogP contribution < -0.4 is 5.32 Å². The predicted molar refractivity (Wildman–Crippen MR) is 72.3 cm³/mol. The summed E-state index contributed by atoms with van der Waals surface area (Å²) in [6.45, 7) is 0. The summed E-state index contributed by atoms with van der Waals surface area (Å²) in [5, 5.41) is 11.4. The number of pyridine rings is 1. The summed E-state index contributed by atoms with van der Waals surface area (Å²) < 4.78 is 0. The van der Waals surface area contributed by atoms with Crippen molar-refractivity contribution in [3.8, 4) is 6.07 Å². The van der Waals surface area contributed by atoms with Gasteiger partial charge in [-0.3, -0.25) is 9.78 Å². The van der Waals surface area contributed by atoms with Gasteiger partial charge in [0.15, 0.2) is 0 Å². The third kappa shape index (κ3) is 3.93. The van der Waals surface area contributed by atoms with Gasteiger partial charge >= 0.3 is 0 Å². The normalized spacial score (nSPS) is 9.63. The van der Waals surface area contributed by atoms with Gasteiger partial charge in [-0.25, -0.2) is 0 Å². The molecule has 1 N–H and O–H groups in total. The number of anilines is 1. The second-order valence-corrected chi connectivity index (χ2v) is 4.08. The molecule has 2 aromatic rings. The molecule has 4 nitrogen and oxygen atoms in total. The molecule has 0 unspecified atom stereocenters. The molecule has 94 valence electrons. The summed E-state index contributed by atoms with van der Waals surface area (Å²) in [4.78, 5) is 15.9. The summed E-state index contributed by atoms with van der Waals surface area (Å²) in [5.41, 5.74) is 2.40. The molecule has 0 aliphatic heterocycles. The molecule has 0 spiro atoms. The number of nitrogens with zero attached hydrogens (tertiary/aromatic N) is 2. The van der Waals surface area contributed by atoms with E-state index in [-0.39, 0.29) is 12.3 Å². The predicted octanol–water partition coefficient (Wildman–Crippen LogP) is 2.33. The third-order valence-electron chi connectivity index (χ3n) is 2.59. The lowest BCUT2D eigenvalue weighted by molar-refractivity contribution is -0.115. The Balaban J connectivity index is 1.94. The van der Waals surface area contributed by atoms with Gasteiger partial charge in [0.2, 0.25) is 5.91 Å². The number of amides is 1. The van der Waals surface area contributed by atoms with Crippen LogP contribution in [0.4, 0.5) is 5.69 Å². The lowest BCUT2D eigenvalue weighted by Gasteiger charge is -2.05. The molecule has 19 heavy (non-hydrogen) atoms. The fourth-order valence-electron chi connectivity index (χ4n) is 1.67. The van der Waals surface area contributed by atoms with Crippen molar-refractivity contribution < 1.29 is 4.79 Å². The SMILES string of the molecule is N#CCc1ccc(NC(=O)Cc2ccccn2)cc1. The fourth-order valence-corrected chi connectivity index (χ4v) is 1.67. The lowest BCUT2D eigenvalue weighted by atomic mass is 10.1. The van der Waals surface area contributed by atoms with Crippen LogP contribution in [0.2, 0.25) is 0 Å². The molecule has 0 saturated heterocycles. The van der Waals surface area contributed by atoms with E-state index in [1.54, 1.807) is 18.3 Å². The third-order valence-corrected chi connectivity index (χ3v) is 2.59. The Morgan fingerprint density at radius 3 is 2.63 bits per heavy atom. The van der Waals surface area contributed by atoms with Gasteiger partial charge in [-0.15, -0.1) is 0 Å². The smallest absolute Gasteiger partial charge is 0.230 e. The van der Waals surface area contributed by atoms with Crippen molar-refractivity contribution in [2.45, 2.75) is 12.8 Å². The Morgan fingerprint density at radius 2 is 2.00 bits per heavy atom. The Kier molecular flexibility index (Phi) is 4.25. The van der Waals surface area contributed by atoms with Crippen LogP contribution in [0.5, 0.6) is 0 Å². The Morgan fingerprint density at radius 1 is 1.21 bits per heavy atom. The second kappa shape index (κ2) is 6.31. The van der Waals surface area contributed by atoms with E-state index in [0.29, 0.717) is 6.42 Å². The van der Waals surface area contributed by atoms with E-state index in [0.717, 1.165) is 16.9 Å². The van der Waals surface area contributed by atoms with Crippen molar-refractivity contribution in [2.24, 2.45) is 0 Å². The van der Waals surface area contributed by atoms with Crippen LogP contribution in [0.25, 0.3) is 0 Å². The van der Waals surface area contributed by atoms with Gasteiger partial charge in [-0.2, -0.15) is 5.26 Å². The first-order chi connectivity index (χ1) is 9.28. The molecule has 2 rings (SSSR count). The molecule has 4 heteroatoms. The van der Waals surface area contributed by atoms with Gasteiger partial charge in [0.05, 0.1) is 18.9 Å². The van der Waals surface area contributed by atoms with Crippen LogP contribution >= 0.6 is 0 Å². The number of benzene rings is 1. The number of hydrogen-bond acceptors (Lipinski definition) is 3. The molecule has 1 heterocycles. The number of rotatable bonds is 4. The highest BCUT2D eigenvalue weighted by atomic mass is 16.1. The van der Waals surface area contributed by atoms with Crippen LogP contribution in [0.3, 0.4) is 0 Å². The molecule has 1 amide bonds. The summed E-state index contributed by atoms with van der Waals surface area (Å²) in [5.74, 6) is -0.105. The van der Waals surface area contributed by atoms with Crippen molar-refractivity contribution >= 4 is 11.6 Å². The molecule has 0 bridgehead atoms. The lowest BCUT2D eigenvalue weighted by Crippen LogP contribution is -2.14. The van der Waals surface area contributed by atoms with Crippen molar-refractivity contribution in [3.63, 3.8) is 0 Å². The number of carbonyl (C=O) groups is 1. The molecule has 0 aliphatic rings. The van der Waals surface area contributed by atoms with E-state index in [1.807, 2.05) is 30.3 Å². The zero-order chi connectivity index (χ0) is 13.5. The van der Waals surface area contributed by atoms with Crippen LogP contribution in [-0.4, -0.2) is 10.9 Å². The first kappa shape index (κ1) is 12.8. The van der Waals surface area contributed by atoms with E-state index >= 15 is 0 Å². The van der Waals surface area contributed by atoms with Crippen LogP contribution in [0.1, 0.15) is 11.3 Å². The Bertz CT molecular complexity index is 585. The number of hydrogen-bond donors (Lipinski definition) is 1. The highest BCUT2D eigenvalue weighted by Gasteiger charge is 2.04. The van der Waals surface area contributed by atoms with E-state index in [9.17, 15) is 4.79 Å². The largest absolute Gasteiger partial charge is 0.326 e. The van der Waals surface area contributed by atoms with Gasteiger partial charge < -0.3 is 5.32 Å². The molecule has 0 atom stereocenters. The molecule has 0 radical (unpaired) electrons. The van der Waals surface area contributed by atoms with E-state index in [2.05, 4.69) is 16.4 Å². The topological polar surface area (TPSA) is 65.8 Å². The Hall–Kier alpha value is -2.67. The molecule has 0 saturated carbocycles. The molecule has 1 aromatic carbocycles. The minimum Gasteiger partial charge on any atom is -0.326 e. The standard InChI is InChI=1S/C15H13N3O/c16-9-8-12-4-6-13(7-5-12)18-15(19)11-14-3-1-2-10-17-14/h1-7,10H,8,11H2,(H,18,19). The summed E-state index contributed by atoms with van der Waals surface area (Å²) in [6, 6.07) is 14.8. The number of aromatic nitrogens is 1. The summed E-state index contributed by atoms with van der Waals surface area (Å²) >= 11 is 0. The minimum absolute atomic E-state index is 0.105. The molecular formula is C15H13N3O. The van der Waals surface area contributed by atoms with Crippen molar-refractivity contribution in [2.75, 3.05) is 5.32 Å². The second-order valence-electron chi connectivity index (χ2n) is 4.08. The van der Waals surface area contributed by atoms with Gasteiger partial charge in [0.25, 0.3) is 0 Å². The number of carbonyl (C=O) groups excluding carboxylic acids is 1. The van der Waals surface area contributed by atoms with Crippen molar-refractivity contribution in [1.82, 2.24) is 4.98 Å². The molecular weight excluding hydrogens is 238 g/mol. The average molecular weight is 251 g/mol. The summed E-state index contributed by atoms with van der Waals surface area (Å²) in [7, 11) is 0. The highest BCUT2D eigenvalue weighted by Crippen LogP contribution is 2.10. The van der Waals surface area contributed by atoms with E-state index in [1.165, 1.54) is 0 Å². The number of nitriles is 1. The van der Waals surface area contributed by atoms with Gasteiger partial charge in [-0.05, 0) is 29.8 Å². The quantitative estimate of drug-likeness (QED) is 0.906. The fraction of sp³-hybridized carbons (Fsp3) is 0.133. The van der Waals surface area contributed by atoms with Gasteiger partial charge in [0, 0.05) is 17.6 Å². The first-order valence-corrected chi connectivity index (χ1v) is 5.93. The van der Waals surface area contributed by atoms with Gasteiger partial charge in [0.1, 0.15) is 0 Å². The van der Waals surface area contributed by atoms with E-state index < -0.39 is 0 Å². The Labute approximate surface area is 111 Å². The van der Waals surface area contributed by atoms with Crippen molar-refractivity contribution in [3.05, 3.63) is 59.9 Å². The number of nitrogens with one attached hydrogen (secondary N) is 1. The maximum absolute atomic E-state index is 11.8. The zero-order valence-corrected chi connectivity index (χ0v) is 10.3. The summed E-state index contributed by atoms with van der Waals surface area (Å²) in [6.07, 6.45) is 2.29. The maximum atomic E-state index is 11.8.